The Hall–Kier alpha value is -0.920. The molecular weight excluding hydrogens is 324 g/mol. The molecule has 1 aromatic rings. The molecule has 0 radical (unpaired) electrons. The standard InChI is InChI=1S/C13H21BrN4O2/c1-9(10-3-2-4-15-7-10)17-11-8-16-18(5-6-19)13(20)12(11)14/h8-10,15,17,19H,2-7H2,1H3. The van der Waals surface area contributed by atoms with Gasteiger partial charge in [0.25, 0.3) is 5.56 Å². The SMILES string of the molecule is CC(Nc1cnn(CCO)c(=O)c1Br)C1CCCNC1. The van der Waals surface area contributed by atoms with Gasteiger partial charge in [-0.25, -0.2) is 4.68 Å². The van der Waals surface area contributed by atoms with Gasteiger partial charge in [-0.3, -0.25) is 4.79 Å². The predicted molar refractivity (Wildman–Crippen MR) is 82.0 cm³/mol. The van der Waals surface area contributed by atoms with Crippen molar-refractivity contribution < 1.29 is 5.11 Å². The molecule has 1 fully saturated rings. The Bertz CT molecular complexity index is 500. The second kappa shape index (κ2) is 7.19. The van der Waals surface area contributed by atoms with Crippen LogP contribution in [-0.2, 0) is 6.54 Å². The van der Waals surface area contributed by atoms with Crippen molar-refractivity contribution >= 4 is 21.6 Å². The van der Waals surface area contributed by atoms with Gasteiger partial charge in [-0.2, -0.15) is 5.10 Å². The van der Waals surface area contributed by atoms with Crippen molar-refractivity contribution in [2.45, 2.75) is 32.4 Å². The van der Waals surface area contributed by atoms with Crippen LogP contribution < -0.4 is 16.2 Å². The molecule has 20 heavy (non-hydrogen) atoms. The fourth-order valence-corrected chi connectivity index (χ4v) is 2.91. The number of piperidine rings is 1. The number of halogens is 1. The van der Waals surface area contributed by atoms with Crippen molar-refractivity contribution in [1.29, 1.82) is 0 Å². The number of hydrogen-bond acceptors (Lipinski definition) is 5. The number of aliphatic hydroxyl groups is 1. The Balaban J connectivity index is 2.09. The summed E-state index contributed by atoms with van der Waals surface area (Å²) < 4.78 is 1.72. The molecule has 112 valence electrons. The van der Waals surface area contributed by atoms with E-state index in [-0.39, 0.29) is 24.8 Å². The van der Waals surface area contributed by atoms with Crippen molar-refractivity contribution in [3.05, 3.63) is 21.0 Å². The molecule has 0 saturated carbocycles. The fourth-order valence-electron chi connectivity index (χ4n) is 2.49. The molecule has 0 spiro atoms. The van der Waals surface area contributed by atoms with Gasteiger partial charge in [-0.15, -0.1) is 0 Å². The minimum atomic E-state index is -0.224. The topological polar surface area (TPSA) is 79.2 Å². The second-order valence-electron chi connectivity index (χ2n) is 5.16. The summed E-state index contributed by atoms with van der Waals surface area (Å²) in [6.07, 6.45) is 4.01. The van der Waals surface area contributed by atoms with Crippen LogP contribution in [0, 0.1) is 5.92 Å². The first-order valence-corrected chi connectivity index (χ1v) is 7.76. The third-order valence-electron chi connectivity index (χ3n) is 3.72. The highest BCUT2D eigenvalue weighted by Gasteiger charge is 2.21. The lowest BCUT2D eigenvalue weighted by molar-refractivity contribution is 0.266. The molecule has 1 saturated heterocycles. The highest BCUT2D eigenvalue weighted by Crippen LogP contribution is 2.22. The average molecular weight is 345 g/mol. The van der Waals surface area contributed by atoms with E-state index in [1.165, 1.54) is 17.5 Å². The van der Waals surface area contributed by atoms with Crippen molar-refractivity contribution in [2.75, 3.05) is 25.0 Å². The second-order valence-corrected chi connectivity index (χ2v) is 5.96. The summed E-state index contributed by atoms with van der Waals surface area (Å²) in [6.45, 7) is 4.33. The number of aliphatic hydroxyl groups excluding tert-OH is 1. The number of rotatable bonds is 5. The molecule has 1 aromatic heterocycles. The molecule has 0 bridgehead atoms. The first-order valence-electron chi connectivity index (χ1n) is 6.97. The van der Waals surface area contributed by atoms with Gasteiger partial charge in [0, 0.05) is 6.04 Å². The first kappa shape index (κ1) is 15.5. The molecule has 2 atom stereocenters. The van der Waals surface area contributed by atoms with E-state index < -0.39 is 0 Å². The van der Waals surface area contributed by atoms with Crippen molar-refractivity contribution in [1.82, 2.24) is 15.1 Å². The largest absolute Gasteiger partial charge is 0.394 e. The van der Waals surface area contributed by atoms with Gasteiger partial charge in [-0.1, -0.05) is 0 Å². The van der Waals surface area contributed by atoms with E-state index in [0.717, 1.165) is 13.1 Å². The molecular formula is C13H21BrN4O2. The smallest absolute Gasteiger partial charge is 0.283 e. The summed E-state index contributed by atoms with van der Waals surface area (Å²) in [5.41, 5.74) is 0.486. The van der Waals surface area contributed by atoms with Crippen LogP contribution in [0.15, 0.2) is 15.5 Å². The van der Waals surface area contributed by atoms with Gasteiger partial charge in [0.15, 0.2) is 0 Å². The van der Waals surface area contributed by atoms with Crippen LogP contribution in [0.1, 0.15) is 19.8 Å². The highest BCUT2D eigenvalue weighted by atomic mass is 79.9. The Morgan fingerprint density at radius 2 is 2.50 bits per heavy atom. The number of nitrogens with zero attached hydrogens (tertiary/aromatic N) is 2. The van der Waals surface area contributed by atoms with E-state index in [1.807, 2.05) is 0 Å². The first-order chi connectivity index (χ1) is 9.63. The van der Waals surface area contributed by atoms with Gasteiger partial charge in [0.2, 0.25) is 0 Å². The third-order valence-corrected chi connectivity index (χ3v) is 4.49. The lowest BCUT2D eigenvalue weighted by Gasteiger charge is -2.29. The van der Waals surface area contributed by atoms with Gasteiger partial charge < -0.3 is 15.7 Å². The number of nitrogens with one attached hydrogen (secondary N) is 2. The van der Waals surface area contributed by atoms with E-state index in [4.69, 9.17) is 5.11 Å². The summed E-state index contributed by atoms with van der Waals surface area (Å²) in [4.78, 5) is 12.0. The molecule has 6 nitrogen and oxygen atoms in total. The zero-order valence-corrected chi connectivity index (χ0v) is 13.2. The highest BCUT2D eigenvalue weighted by molar-refractivity contribution is 9.10. The van der Waals surface area contributed by atoms with Crippen molar-refractivity contribution in [3.8, 4) is 0 Å². The van der Waals surface area contributed by atoms with E-state index in [0.29, 0.717) is 16.1 Å². The molecule has 0 aromatic carbocycles. The summed E-state index contributed by atoms with van der Waals surface area (Å²) in [5.74, 6) is 0.551. The maximum Gasteiger partial charge on any atom is 0.283 e. The van der Waals surface area contributed by atoms with Crippen LogP contribution in [0.3, 0.4) is 0 Å². The minimum Gasteiger partial charge on any atom is -0.394 e. The summed E-state index contributed by atoms with van der Waals surface area (Å²) >= 11 is 3.32. The van der Waals surface area contributed by atoms with Crippen LogP contribution >= 0.6 is 15.9 Å². The zero-order valence-electron chi connectivity index (χ0n) is 11.6. The monoisotopic (exact) mass is 344 g/mol. The molecule has 7 heteroatoms. The molecule has 2 heterocycles. The molecule has 2 rings (SSSR count). The predicted octanol–water partition coefficient (Wildman–Crippen LogP) is 0.798. The Labute approximate surface area is 126 Å². The Morgan fingerprint density at radius 3 is 3.15 bits per heavy atom. The summed E-state index contributed by atoms with van der Waals surface area (Å²) in [6, 6.07) is 0.272. The van der Waals surface area contributed by atoms with Crippen LogP contribution in [0.5, 0.6) is 0 Å². The molecule has 1 aliphatic heterocycles. The quantitative estimate of drug-likeness (QED) is 0.736. The molecule has 1 aliphatic rings. The minimum absolute atomic E-state index is 0.101. The lowest BCUT2D eigenvalue weighted by Crippen LogP contribution is -2.39. The molecule has 0 amide bonds. The third kappa shape index (κ3) is 3.59. The van der Waals surface area contributed by atoms with Gasteiger partial charge in [0.1, 0.15) is 4.47 Å². The van der Waals surface area contributed by atoms with Crippen LogP contribution in [0.2, 0.25) is 0 Å². The maximum atomic E-state index is 12.0. The van der Waals surface area contributed by atoms with Crippen molar-refractivity contribution in [2.24, 2.45) is 5.92 Å². The Kier molecular flexibility index (Phi) is 5.56. The van der Waals surface area contributed by atoms with Gasteiger partial charge >= 0.3 is 0 Å². The molecule has 2 unspecified atom stereocenters. The number of hydrogen-bond donors (Lipinski definition) is 3. The van der Waals surface area contributed by atoms with Crippen LogP contribution in [0.4, 0.5) is 5.69 Å². The maximum absolute atomic E-state index is 12.0. The van der Waals surface area contributed by atoms with Crippen molar-refractivity contribution in [3.63, 3.8) is 0 Å². The summed E-state index contributed by atoms with van der Waals surface area (Å²) in [5, 5.41) is 19.7. The molecule has 0 aliphatic carbocycles. The average Bonchev–Trinajstić information content (AvgIpc) is 2.48. The number of anilines is 1. The Morgan fingerprint density at radius 1 is 1.70 bits per heavy atom. The van der Waals surface area contributed by atoms with E-state index in [1.54, 1.807) is 6.20 Å². The number of aromatic nitrogens is 2. The van der Waals surface area contributed by atoms with E-state index >= 15 is 0 Å². The van der Waals surface area contributed by atoms with E-state index in [9.17, 15) is 4.79 Å². The zero-order chi connectivity index (χ0) is 14.5. The lowest BCUT2D eigenvalue weighted by atomic mass is 9.93. The van der Waals surface area contributed by atoms with Crippen LogP contribution in [0.25, 0.3) is 0 Å². The van der Waals surface area contributed by atoms with E-state index in [2.05, 4.69) is 38.6 Å². The normalized spacial score (nSPS) is 20.6. The van der Waals surface area contributed by atoms with Gasteiger partial charge in [0.05, 0.1) is 25.0 Å². The van der Waals surface area contributed by atoms with Crippen LogP contribution in [-0.4, -0.2) is 40.6 Å². The summed E-state index contributed by atoms with van der Waals surface area (Å²) in [7, 11) is 0. The van der Waals surface area contributed by atoms with Gasteiger partial charge in [-0.05, 0) is 54.7 Å². The fraction of sp³-hybridized carbons (Fsp3) is 0.692. The molecule has 3 N–H and O–H groups in total.